The quantitative estimate of drug-likeness (QED) is 0.742. The SMILES string of the molecule is COc1cc(Nc2ncc3ccn(OC)c3n2)cc(OC)c1OC. The Morgan fingerprint density at radius 1 is 1.00 bits per heavy atom. The minimum atomic E-state index is 0.425. The second kappa shape index (κ2) is 6.53. The van der Waals surface area contributed by atoms with Crippen LogP contribution < -0.4 is 24.4 Å². The zero-order valence-electron chi connectivity index (χ0n) is 13.9. The van der Waals surface area contributed by atoms with E-state index in [1.807, 2.05) is 6.07 Å². The largest absolute Gasteiger partial charge is 0.493 e. The van der Waals surface area contributed by atoms with E-state index in [1.54, 1.807) is 57.7 Å². The molecule has 0 aliphatic heterocycles. The maximum absolute atomic E-state index is 5.34. The highest BCUT2D eigenvalue weighted by Gasteiger charge is 2.14. The van der Waals surface area contributed by atoms with E-state index in [0.717, 1.165) is 5.39 Å². The summed E-state index contributed by atoms with van der Waals surface area (Å²) >= 11 is 0. The van der Waals surface area contributed by atoms with Crippen LogP contribution in [-0.4, -0.2) is 43.1 Å². The Kier molecular flexibility index (Phi) is 4.28. The molecule has 0 saturated heterocycles. The van der Waals surface area contributed by atoms with Crippen LogP contribution in [0.3, 0.4) is 0 Å². The molecule has 0 radical (unpaired) electrons. The van der Waals surface area contributed by atoms with Gasteiger partial charge in [0.05, 0.1) is 21.3 Å². The first-order valence-electron chi connectivity index (χ1n) is 7.15. The van der Waals surface area contributed by atoms with Gasteiger partial charge in [-0.25, -0.2) is 4.98 Å². The number of anilines is 2. The number of nitrogens with one attached hydrogen (secondary N) is 1. The molecule has 0 bridgehead atoms. The molecule has 126 valence electrons. The van der Waals surface area contributed by atoms with Gasteiger partial charge >= 0.3 is 0 Å². The first kappa shape index (κ1) is 15.7. The van der Waals surface area contributed by atoms with E-state index < -0.39 is 0 Å². The molecule has 24 heavy (non-hydrogen) atoms. The molecule has 0 unspecified atom stereocenters. The van der Waals surface area contributed by atoms with Gasteiger partial charge in [-0.2, -0.15) is 9.71 Å². The summed E-state index contributed by atoms with van der Waals surface area (Å²) in [5.41, 5.74) is 1.38. The van der Waals surface area contributed by atoms with Crippen molar-refractivity contribution in [3.8, 4) is 17.2 Å². The Labute approximate surface area is 138 Å². The van der Waals surface area contributed by atoms with Crippen LogP contribution in [0.2, 0.25) is 0 Å². The predicted molar refractivity (Wildman–Crippen MR) is 89.4 cm³/mol. The van der Waals surface area contributed by atoms with E-state index in [1.165, 1.54) is 0 Å². The molecule has 1 aromatic carbocycles. The van der Waals surface area contributed by atoms with Crippen molar-refractivity contribution in [2.24, 2.45) is 0 Å². The average Bonchev–Trinajstić information content (AvgIpc) is 3.03. The topological polar surface area (TPSA) is 79.7 Å². The van der Waals surface area contributed by atoms with Gasteiger partial charge in [0, 0.05) is 35.6 Å². The van der Waals surface area contributed by atoms with Crippen molar-refractivity contribution in [1.29, 1.82) is 0 Å². The summed E-state index contributed by atoms with van der Waals surface area (Å²) in [4.78, 5) is 14.0. The Hall–Kier alpha value is -3.16. The van der Waals surface area contributed by atoms with Gasteiger partial charge in [-0.15, -0.1) is 0 Å². The third kappa shape index (κ3) is 2.73. The zero-order chi connectivity index (χ0) is 17.1. The van der Waals surface area contributed by atoms with Gasteiger partial charge in [0.25, 0.3) is 0 Å². The molecule has 8 nitrogen and oxygen atoms in total. The Morgan fingerprint density at radius 3 is 2.29 bits per heavy atom. The molecular weight excluding hydrogens is 312 g/mol. The highest BCUT2D eigenvalue weighted by molar-refractivity contribution is 5.76. The molecule has 1 N–H and O–H groups in total. The number of methoxy groups -OCH3 is 3. The summed E-state index contributed by atoms with van der Waals surface area (Å²) in [5, 5.41) is 4.01. The van der Waals surface area contributed by atoms with Gasteiger partial charge in [-0.3, -0.25) is 0 Å². The summed E-state index contributed by atoms with van der Waals surface area (Å²) in [5.74, 6) is 2.03. The van der Waals surface area contributed by atoms with Gasteiger partial charge in [0.1, 0.15) is 7.11 Å². The van der Waals surface area contributed by atoms with Gasteiger partial charge in [0.2, 0.25) is 11.7 Å². The number of hydrogen-bond acceptors (Lipinski definition) is 7. The number of fused-ring (bicyclic) bond motifs is 1. The fraction of sp³-hybridized carbons (Fsp3) is 0.250. The molecular formula is C16H18N4O4. The zero-order valence-corrected chi connectivity index (χ0v) is 13.9. The van der Waals surface area contributed by atoms with Crippen LogP contribution in [0, 0.1) is 0 Å². The van der Waals surface area contributed by atoms with Crippen LogP contribution in [0.5, 0.6) is 17.2 Å². The van der Waals surface area contributed by atoms with Gasteiger partial charge in [-0.1, -0.05) is 0 Å². The standard InChI is InChI=1S/C16H18N4O4/c1-21-12-7-11(8-13(22-2)14(12)23-3)18-16-17-9-10-5-6-20(24-4)15(10)19-16/h5-9H,1-4H3,(H,17,18,19). The average molecular weight is 330 g/mol. The number of ether oxygens (including phenoxy) is 3. The third-order valence-corrected chi connectivity index (χ3v) is 3.51. The lowest BCUT2D eigenvalue weighted by Gasteiger charge is -2.14. The molecule has 0 spiro atoms. The molecule has 3 rings (SSSR count). The van der Waals surface area contributed by atoms with E-state index in [0.29, 0.717) is 34.5 Å². The van der Waals surface area contributed by atoms with Crippen molar-refractivity contribution in [2.75, 3.05) is 33.8 Å². The van der Waals surface area contributed by atoms with Crippen molar-refractivity contribution in [2.45, 2.75) is 0 Å². The van der Waals surface area contributed by atoms with Crippen LogP contribution in [-0.2, 0) is 0 Å². The van der Waals surface area contributed by atoms with Crippen LogP contribution in [0.4, 0.5) is 11.6 Å². The maximum atomic E-state index is 5.34. The molecule has 0 fully saturated rings. The molecule has 2 heterocycles. The van der Waals surface area contributed by atoms with Crippen molar-refractivity contribution in [3.05, 3.63) is 30.6 Å². The van der Waals surface area contributed by atoms with Gasteiger partial charge < -0.3 is 24.4 Å². The fourth-order valence-corrected chi connectivity index (χ4v) is 2.38. The van der Waals surface area contributed by atoms with Crippen molar-refractivity contribution in [3.63, 3.8) is 0 Å². The summed E-state index contributed by atoms with van der Waals surface area (Å²) in [7, 11) is 6.27. The first-order valence-corrected chi connectivity index (χ1v) is 7.15. The summed E-state index contributed by atoms with van der Waals surface area (Å²) in [6.07, 6.45) is 3.50. The Morgan fingerprint density at radius 2 is 1.71 bits per heavy atom. The number of nitrogens with zero attached hydrogens (tertiary/aromatic N) is 3. The van der Waals surface area contributed by atoms with E-state index in [4.69, 9.17) is 19.0 Å². The molecule has 0 amide bonds. The first-order chi connectivity index (χ1) is 11.7. The number of aromatic nitrogens is 3. The van der Waals surface area contributed by atoms with Crippen LogP contribution >= 0.6 is 0 Å². The van der Waals surface area contributed by atoms with Crippen molar-refractivity contribution in [1.82, 2.24) is 14.7 Å². The van der Waals surface area contributed by atoms with Crippen LogP contribution in [0.15, 0.2) is 30.6 Å². The van der Waals surface area contributed by atoms with Crippen LogP contribution in [0.25, 0.3) is 11.0 Å². The summed E-state index contributed by atoms with van der Waals surface area (Å²) in [6.45, 7) is 0. The monoisotopic (exact) mass is 330 g/mol. The lowest BCUT2D eigenvalue weighted by molar-refractivity contribution is 0.177. The minimum Gasteiger partial charge on any atom is -0.493 e. The second-order valence-electron chi connectivity index (χ2n) is 4.84. The molecule has 8 heteroatoms. The lowest BCUT2D eigenvalue weighted by Crippen LogP contribution is -2.06. The van der Waals surface area contributed by atoms with Crippen molar-refractivity contribution >= 4 is 22.7 Å². The maximum Gasteiger partial charge on any atom is 0.229 e. The molecule has 0 aliphatic carbocycles. The van der Waals surface area contributed by atoms with E-state index in [-0.39, 0.29) is 0 Å². The van der Waals surface area contributed by atoms with E-state index in [9.17, 15) is 0 Å². The fourth-order valence-electron chi connectivity index (χ4n) is 2.38. The van der Waals surface area contributed by atoms with Gasteiger partial charge in [0.15, 0.2) is 17.1 Å². The lowest BCUT2D eigenvalue weighted by atomic mass is 10.2. The molecule has 0 atom stereocenters. The summed E-state index contributed by atoms with van der Waals surface area (Å²) in [6, 6.07) is 5.44. The predicted octanol–water partition coefficient (Wildman–Crippen LogP) is 2.26. The number of rotatable bonds is 6. The molecule has 3 aromatic rings. The smallest absolute Gasteiger partial charge is 0.229 e. The van der Waals surface area contributed by atoms with Crippen molar-refractivity contribution < 1.29 is 19.0 Å². The second-order valence-corrected chi connectivity index (χ2v) is 4.84. The van der Waals surface area contributed by atoms with Gasteiger partial charge in [-0.05, 0) is 6.07 Å². The normalized spacial score (nSPS) is 10.5. The molecule has 2 aromatic heterocycles. The van der Waals surface area contributed by atoms with E-state index in [2.05, 4.69) is 15.3 Å². The number of benzene rings is 1. The Balaban J connectivity index is 1.98. The Bertz CT molecular complexity index is 837. The van der Waals surface area contributed by atoms with Crippen LogP contribution in [0.1, 0.15) is 0 Å². The molecule has 0 saturated carbocycles. The molecule has 0 aliphatic rings. The highest BCUT2D eigenvalue weighted by atomic mass is 16.6. The highest BCUT2D eigenvalue weighted by Crippen LogP contribution is 2.40. The minimum absolute atomic E-state index is 0.425. The third-order valence-electron chi connectivity index (χ3n) is 3.51. The number of hydrogen-bond donors (Lipinski definition) is 1. The summed E-state index contributed by atoms with van der Waals surface area (Å²) < 4.78 is 17.6. The van der Waals surface area contributed by atoms with E-state index >= 15 is 0 Å².